The van der Waals surface area contributed by atoms with E-state index in [1.165, 1.54) is 0 Å². The Balaban J connectivity index is 0.000000640. The number of nitrogens with one attached hydrogen (secondary N) is 1. The largest absolute Gasteiger partial charge is 1.00 e. The molecule has 1 aromatic carbocycles. The summed E-state index contributed by atoms with van der Waals surface area (Å²) in [4.78, 5) is 0. The number of benzene rings is 1. The molecule has 1 rings (SSSR count). The van der Waals surface area contributed by atoms with Crippen LogP contribution in [-0.2, 0) is 0 Å². The van der Waals surface area contributed by atoms with Gasteiger partial charge < -0.3 is 5.43 Å². The molecule has 0 fully saturated rings. The number of hydrogen-bond acceptors (Lipinski definition) is 2. The van der Waals surface area contributed by atoms with Gasteiger partial charge in [0.15, 0.2) is 0 Å². The molecule has 0 saturated carbocycles. The third kappa shape index (κ3) is 2.87. The topological polar surface area (TPSA) is 38.0 Å². The molecule has 9 heavy (non-hydrogen) atoms. The summed E-state index contributed by atoms with van der Waals surface area (Å²) in [6.45, 7) is 0. The average molecular weight is 131 g/mol. The quantitative estimate of drug-likeness (QED) is 0.262. The molecule has 0 radical (unpaired) electrons. The molecule has 3 heteroatoms. The van der Waals surface area contributed by atoms with E-state index in [2.05, 4.69) is 5.43 Å². The molecule has 1 aromatic rings. The van der Waals surface area contributed by atoms with Gasteiger partial charge in [-0.1, -0.05) is 18.2 Å². The summed E-state index contributed by atoms with van der Waals surface area (Å²) in [5, 5.41) is 0. The Kier molecular flexibility index (Phi) is 4.81. The second-order valence-corrected chi connectivity index (χ2v) is 1.51. The van der Waals surface area contributed by atoms with Crippen LogP contribution in [0.25, 0.3) is 0 Å². The van der Waals surface area contributed by atoms with E-state index < -0.39 is 0 Å². The molecule has 0 atom stereocenters. The molecule has 0 heterocycles. The first-order valence-electron chi connectivity index (χ1n) is 2.45. The SMILES string of the molecule is NNc1ccccc1.[Na+]. The summed E-state index contributed by atoms with van der Waals surface area (Å²) in [5.41, 5.74) is 3.46. The first-order valence-corrected chi connectivity index (χ1v) is 2.45. The van der Waals surface area contributed by atoms with Crippen LogP contribution < -0.4 is 40.8 Å². The zero-order valence-corrected chi connectivity index (χ0v) is 7.46. The number of rotatable bonds is 1. The van der Waals surface area contributed by atoms with Crippen molar-refractivity contribution < 1.29 is 29.6 Å². The van der Waals surface area contributed by atoms with Crippen LogP contribution >= 0.6 is 0 Å². The molecule has 0 amide bonds. The van der Waals surface area contributed by atoms with Crippen LogP contribution in [0.5, 0.6) is 0 Å². The fourth-order valence-electron chi connectivity index (χ4n) is 0.534. The molecule has 0 unspecified atom stereocenters. The Morgan fingerprint density at radius 3 is 2.00 bits per heavy atom. The molecule has 2 nitrogen and oxygen atoms in total. The van der Waals surface area contributed by atoms with Gasteiger partial charge in [0.2, 0.25) is 0 Å². The van der Waals surface area contributed by atoms with Gasteiger partial charge in [0.05, 0.1) is 0 Å². The van der Waals surface area contributed by atoms with Crippen molar-refractivity contribution in [1.29, 1.82) is 0 Å². The fraction of sp³-hybridized carbons (Fsp3) is 0. The van der Waals surface area contributed by atoms with E-state index in [1.54, 1.807) is 0 Å². The molecule has 3 N–H and O–H groups in total. The van der Waals surface area contributed by atoms with E-state index >= 15 is 0 Å². The minimum atomic E-state index is 0. The molecule has 0 aliphatic heterocycles. The van der Waals surface area contributed by atoms with Crippen molar-refractivity contribution in [3.8, 4) is 0 Å². The average Bonchev–Trinajstić information content (AvgIpc) is 1.90. The molecule has 0 aromatic heterocycles. The predicted molar refractivity (Wildman–Crippen MR) is 34.3 cm³/mol. The van der Waals surface area contributed by atoms with Crippen molar-refractivity contribution in [2.75, 3.05) is 5.43 Å². The van der Waals surface area contributed by atoms with Crippen molar-refractivity contribution in [2.24, 2.45) is 5.84 Å². The standard InChI is InChI=1S/C6H8N2.Na/c7-8-6-4-2-1-3-5-6;/h1-5,8H,7H2;/q;+1. The van der Waals surface area contributed by atoms with Crippen molar-refractivity contribution in [3.63, 3.8) is 0 Å². The van der Waals surface area contributed by atoms with Gasteiger partial charge in [-0.2, -0.15) is 0 Å². The first kappa shape index (κ1) is 8.98. The summed E-state index contributed by atoms with van der Waals surface area (Å²) in [6, 6.07) is 9.60. The number of para-hydroxylation sites is 1. The van der Waals surface area contributed by atoms with Crippen LogP contribution in [0.4, 0.5) is 5.69 Å². The van der Waals surface area contributed by atoms with Gasteiger partial charge in [-0.3, -0.25) is 5.84 Å². The van der Waals surface area contributed by atoms with E-state index in [-0.39, 0.29) is 29.6 Å². The minimum Gasteiger partial charge on any atom is -0.324 e. The summed E-state index contributed by atoms with van der Waals surface area (Å²) in [6.07, 6.45) is 0. The van der Waals surface area contributed by atoms with Crippen LogP contribution in [-0.4, -0.2) is 0 Å². The number of hydrazine groups is 1. The van der Waals surface area contributed by atoms with Crippen LogP contribution in [0.15, 0.2) is 30.3 Å². The van der Waals surface area contributed by atoms with Crippen molar-refractivity contribution in [3.05, 3.63) is 30.3 Å². The fourth-order valence-corrected chi connectivity index (χ4v) is 0.534. The van der Waals surface area contributed by atoms with E-state index in [9.17, 15) is 0 Å². The molecule has 42 valence electrons. The van der Waals surface area contributed by atoms with Crippen molar-refractivity contribution in [1.82, 2.24) is 0 Å². The Labute approximate surface area is 76.7 Å². The number of anilines is 1. The van der Waals surface area contributed by atoms with Crippen molar-refractivity contribution >= 4 is 5.69 Å². The van der Waals surface area contributed by atoms with Gasteiger partial charge in [0, 0.05) is 5.69 Å². The van der Waals surface area contributed by atoms with Crippen LogP contribution in [0.2, 0.25) is 0 Å². The van der Waals surface area contributed by atoms with Gasteiger partial charge in [-0.25, -0.2) is 0 Å². The van der Waals surface area contributed by atoms with Crippen LogP contribution in [0.1, 0.15) is 0 Å². The zero-order chi connectivity index (χ0) is 5.82. The van der Waals surface area contributed by atoms with E-state index in [4.69, 9.17) is 5.84 Å². The molecule has 0 spiro atoms. The number of hydrogen-bond donors (Lipinski definition) is 2. The van der Waals surface area contributed by atoms with Gasteiger partial charge in [-0.05, 0) is 12.1 Å². The van der Waals surface area contributed by atoms with Crippen LogP contribution in [0, 0.1) is 0 Å². The second-order valence-electron chi connectivity index (χ2n) is 1.51. The number of nitrogens with two attached hydrogens (primary N) is 1. The summed E-state index contributed by atoms with van der Waals surface area (Å²) in [5.74, 6) is 5.10. The molecule has 0 aliphatic rings. The monoisotopic (exact) mass is 131 g/mol. The van der Waals surface area contributed by atoms with Gasteiger partial charge in [0.25, 0.3) is 0 Å². The second kappa shape index (κ2) is 4.82. The predicted octanol–water partition coefficient (Wildman–Crippen LogP) is -2.02. The van der Waals surface area contributed by atoms with Crippen molar-refractivity contribution in [2.45, 2.75) is 0 Å². The smallest absolute Gasteiger partial charge is 0.324 e. The van der Waals surface area contributed by atoms with Gasteiger partial charge in [0.1, 0.15) is 0 Å². The molecule has 0 bridgehead atoms. The summed E-state index contributed by atoms with van der Waals surface area (Å²) < 4.78 is 0. The first-order chi connectivity index (χ1) is 3.93. The maximum atomic E-state index is 5.10. The Hall–Kier alpha value is -0.0200. The summed E-state index contributed by atoms with van der Waals surface area (Å²) in [7, 11) is 0. The molecule has 0 saturated heterocycles. The van der Waals surface area contributed by atoms with Gasteiger partial charge >= 0.3 is 29.6 Å². The Morgan fingerprint density at radius 2 is 1.67 bits per heavy atom. The third-order valence-corrected chi connectivity index (χ3v) is 0.940. The summed E-state index contributed by atoms with van der Waals surface area (Å²) >= 11 is 0. The van der Waals surface area contributed by atoms with E-state index in [0.29, 0.717) is 0 Å². The Morgan fingerprint density at radius 1 is 1.11 bits per heavy atom. The number of nitrogen functional groups attached to an aromatic ring is 1. The molecular formula is C6H8N2Na+. The maximum Gasteiger partial charge on any atom is 1.00 e. The Bertz CT molecular complexity index is 152. The van der Waals surface area contributed by atoms with E-state index in [0.717, 1.165) is 5.69 Å². The third-order valence-electron chi connectivity index (χ3n) is 0.940. The maximum absolute atomic E-state index is 5.10. The molecular weight excluding hydrogens is 123 g/mol. The normalized spacial score (nSPS) is 7.67. The molecule has 0 aliphatic carbocycles. The van der Waals surface area contributed by atoms with Gasteiger partial charge in [-0.15, -0.1) is 0 Å². The van der Waals surface area contributed by atoms with E-state index in [1.807, 2.05) is 30.3 Å². The minimum absolute atomic E-state index is 0. The zero-order valence-electron chi connectivity index (χ0n) is 5.46. The van der Waals surface area contributed by atoms with Crippen LogP contribution in [0.3, 0.4) is 0 Å².